The Morgan fingerprint density at radius 3 is 2.50 bits per heavy atom. The van der Waals surface area contributed by atoms with E-state index in [0.29, 0.717) is 0 Å². The third-order valence-electron chi connectivity index (χ3n) is 3.14. The standard InChI is InChI=1S/C15H19N3/c1-11-5-7-13(8-6-11)10-14(18-16)15-12(2)4-3-9-17-15/h3-9,14,18H,10,16H2,1-2H3. The van der Waals surface area contributed by atoms with E-state index in [2.05, 4.69) is 54.6 Å². The van der Waals surface area contributed by atoms with Crippen LogP contribution in [0.25, 0.3) is 0 Å². The molecular formula is C15H19N3. The number of nitrogens with zero attached hydrogens (tertiary/aromatic N) is 1. The summed E-state index contributed by atoms with van der Waals surface area (Å²) in [6.45, 7) is 4.15. The molecule has 0 saturated heterocycles. The molecule has 3 nitrogen and oxygen atoms in total. The number of pyridine rings is 1. The number of aryl methyl sites for hydroxylation is 2. The molecule has 3 N–H and O–H groups in total. The zero-order chi connectivity index (χ0) is 13.0. The molecule has 0 bridgehead atoms. The lowest BCUT2D eigenvalue weighted by molar-refractivity contribution is 0.535. The van der Waals surface area contributed by atoms with Crippen molar-refractivity contribution in [1.82, 2.24) is 10.4 Å². The molecule has 0 fully saturated rings. The van der Waals surface area contributed by atoms with Gasteiger partial charge < -0.3 is 0 Å². The maximum absolute atomic E-state index is 5.66. The van der Waals surface area contributed by atoms with Gasteiger partial charge in [-0.2, -0.15) is 0 Å². The first-order valence-corrected chi connectivity index (χ1v) is 6.14. The van der Waals surface area contributed by atoms with Crippen LogP contribution in [0.3, 0.4) is 0 Å². The molecule has 0 aliphatic carbocycles. The molecule has 0 saturated carbocycles. The van der Waals surface area contributed by atoms with Gasteiger partial charge in [0.05, 0.1) is 11.7 Å². The highest BCUT2D eigenvalue weighted by Gasteiger charge is 2.13. The predicted molar refractivity (Wildman–Crippen MR) is 73.9 cm³/mol. The maximum atomic E-state index is 5.66. The highest BCUT2D eigenvalue weighted by molar-refractivity contribution is 5.26. The molecule has 1 aromatic carbocycles. The van der Waals surface area contributed by atoms with Gasteiger partial charge in [0.15, 0.2) is 0 Å². The number of hydrogen-bond acceptors (Lipinski definition) is 3. The van der Waals surface area contributed by atoms with E-state index < -0.39 is 0 Å². The van der Waals surface area contributed by atoms with Gasteiger partial charge in [-0.05, 0) is 37.5 Å². The third-order valence-corrected chi connectivity index (χ3v) is 3.14. The maximum Gasteiger partial charge on any atom is 0.0675 e. The van der Waals surface area contributed by atoms with E-state index in [1.807, 2.05) is 12.3 Å². The van der Waals surface area contributed by atoms with E-state index in [1.165, 1.54) is 11.1 Å². The summed E-state index contributed by atoms with van der Waals surface area (Å²) in [6.07, 6.45) is 2.65. The van der Waals surface area contributed by atoms with Crippen molar-refractivity contribution >= 4 is 0 Å². The summed E-state index contributed by atoms with van der Waals surface area (Å²) < 4.78 is 0. The Kier molecular flexibility index (Phi) is 4.07. The number of aromatic nitrogens is 1. The molecule has 94 valence electrons. The third kappa shape index (κ3) is 2.94. The van der Waals surface area contributed by atoms with Crippen molar-refractivity contribution in [3.05, 3.63) is 65.0 Å². The van der Waals surface area contributed by atoms with Gasteiger partial charge in [0.25, 0.3) is 0 Å². The van der Waals surface area contributed by atoms with E-state index >= 15 is 0 Å². The van der Waals surface area contributed by atoms with Crippen LogP contribution in [-0.2, 0) is 6.42 Å². The van der Waals surface area contributed by atoms with E-state index in [4.69, 9.17) is 5.84 Å². The normalized spacial score (nSPS) is 12.4. The molecule has 0 amide bonds. The molecule has 0 aliphatic heterocycles. The van der Waals surface area contributed by atoms with Crippen LogP contribution in [0.5, 0.6) is 0 Å². The van der Waals surface area contributed by atoms with Crippen molar-refractivity contribution in [2.24, 2.45) is 5.84 Å². The van der Waals surface area contributed by atoms with Gasteiger partial charge in [-0.1, -0.05) is 35.9 Å². The molecular weight excluding hydrogens is 222 g/mol. The lowest BCUT2D eigenvalue weighted by Gasteiger charge is -2.17. The fourth-order valence-electron chi connectivity index (χ4n) is 2.06. The van der Waals surface area contributed by atoms with Crippen LogP contribution in [-0.4, -0.2) is 4.98 Å². The van der Waals surface area contributed by atoms with Crippen LogP contribution in [0.2, 0.25) is 0 Å². The molecule has 1 unspecified atom stereocenters. The Labute approximate surface area is 108 Å². The highest BCUT2D eigenvalue weighted by atomic mass is 15.2. The molecule has 1 aromatic heterocycles. The molecule has 2 rings (SSSR count). The molecule has 3 heteroatoms. The second-order valence-corrected chi connectivity index (χ2v) is 4.61. The number of rotatable bonds is 4. The summed E-state index contributed by atoms with van der Waals surface area (Å²) in [6, 6.07) is 12.6. The number of hydrogen-bond donors (Lipinski definition) is 2. The second kappa shape index (κ2) is 5.76. The largest absolute Gasteiger partial charge is 0.271 e. The quantitative estimate of drug-likeness (QED) is 0.638. The Hall–Kier alpha value is -1.71. The van der Waals surface area contributed by atoms with Crippen LogP contribution in [0, 0.1) is 13.8 Å². The lowest BCUT2D eigenvalue weighted by atomic mass is 10.00. The van der Waals surface area contributed by atoms with Gasteiger partial charge in [0.1, 0.15) is 0 Å². The molecule has 0 aliphatic rings. The molecule has 1 atom stereocenters. The summed E-state index contributed by atoms with van der Waals surface area (Å²) in [5, 5.41) is 0. The van der Waals surface area contributed by atoms with Crippen LogP contribution in [0.15, 0.2) is 42.6 Å². The van der Waals surface area contributed by atoms with Crippen molar-refractivity contribution in [1.29, 1.82) is 0 Å². The number of hydrazine groups is 1. The first kappa shape index (κ1) is 12.7. The van der Waals surface area contributed by atoms with Crippen LogP contribution >= 0.6 is 0 Å². The van der Waals surface area contributed by atoms with Gasteiger partial charge in [-0.3, -0.25) is 16.3 Å². The topological polar surface area (TPSA) is 50.9 Å². The molecule has 2 aromatic rings. The zero-order valence-electron chi connectivity index (χ0n) is 10.9. The Bertz CT molecular complexity index is 505. The van der Waals surface area contributed by atoms with Crippen molar-refractivity contribution < 1.29 is 0 Å². The second-order valence-electron chi connectivity index (χ2n) is 4.61. The minimum atomic E-state index is 0.0499. The van der Waals surface area contributed by atoms with Crippen molar-refractivity contribution in [3.8, 4) is 0 Å². The van der Waals surface area contributed by atoms with Crippen LogP contribution in [0.1, 0.15) is 28.4 Å². The first-order valence-electron chi connectivity index (χ1n) is 6.14. The van der Waals surface area contributed by atoms with Gasteiger partial charge in [-0.15, -0.1) is 0 Å². The Balaban J connectivity index is 2.20. The monoisotopic (exact) mass is 241 g/mol. The average Bonchev–Trinajstić information content (AvgIpc) is 2.39. The number of nitrogens with two attached hydrogens (primary N) is 1. The summed E-state index contributed by atoms with van der Waals surface area (Å²) in [5.41, 5.74) is 7.56. The Morgan fingerprint density at radius 2 is 1.89 bits per heavy atom. The smallest absolute Gasteiger partial charge is 0.0675 e. The van der Waals surface area contributed by atoms with Gasteiger partial charge in [0.2, 0.25) is 0 Å². The van der Waals surface area contributed by atoms with E-state index in [9.17, 15) is 0 Å². The van der Waals surface area contributed by atoms with Gasteiger partial charge in [0, 0.05) is 6.20 Å². The van der Waals surface area contributed by atoms with Gasteiger partial charge in [-0.25, -0.2) is 0 Å². The van der Waals surface area contributed by atoms with E-state index in [1.54, 1.807) is 0 Å². The van der Waals surface area contributed by atoms with Crippen molar-refractivity contribution in [2.45, 2.75) is 26.3 Å². The van der Waals surface area contributed by atoms with Crippen LogP contribution < -0.4 is 11.3 Å². The molecule has 1 heterocycles. The summed E-state index contributed by atoms with van der Waals surface area (Å²) in [4.78, 5) is 4.42. The highest BCUT2D eigenvalue weighted by Crippen LogP contribution is 2.19. The van der Waals surface area contributed by atoms with E-state index in [-0.39, 0.29) is 6.04 Å². The minimum absolute atomic E-state index is 0.0499. The number of benzene rings is 1. The molecule has 0 radical (unpaired) electrons. The fourth-order valence-corrected chi connectivity index (χ4v) is 2.06. The predicted octanol–water partition coefficient (Wildman–Crippen LogP) is 2.45. The SMILES string of the molecule is Cc1ccc(CC(NN)c2ncccc2C)cc1. The molecule has 18 heavy (non-hydrogen) atoms. The van der Waals surface area contributed by atoms with Crippen molar-refractivity contribution in [3.63, 3.8) is 0 Å². The Morgan fingerprint density at radius 1 is 1.17 bits per heavy atom. The fraction of sp³-hybridized carbons (Fsp3) is 0.267. The summed E-state index contributed by atoms with van der Waals surface area (Å²) in [5.74, 6) is 5.66. The average molecular weight is 241 g/mol. The first-order chi connectivity index (χ1) is 8.70. The minimum Gasteiger partial charge on any atom is -0.271 e. The summed E-state index contributed by atoms with van der Waals surface area (Å²) in [7, 11) is 0. The molecule has 0 spiro atoms. The summed E-state index contributed by atoms with van der Waals surface area (Å²) >= 11 is 0. The van der Waals surface area contributed by atoms with Crippen molar-refractivity contribution in [2.75, 3.05) is 0 Å². The number of nitrogens with one attached hydrogen (secondary N) is 1. The van der Waals surface area contributed by atoms with Gasteiger partial charge >= 0.3 is 0 Å². The van der Waals surface area contributed by atoms with Crippen LogP contribution in [0.4, 0.5) is 0 Å². The zero-order valence-corrected chi connectivity index (χ0v) is 10.9. The lowest BCUT2D eigenvalue weighted by Crippen LogP contribution is -2.30. The van der Waals surface area contributed by atoms with E-state index in [0.717, 1.165) is 17.7 Å².